The van der Waals surface area contributed by atoms with E-state index in [1.165, 1.54) is 18.9 Å². The average Bonchev–Trinajstić information content (AvgIpc) is 2.82. The lowest BCUT2D eigenvalue weighted by atomic mass is 10.1. The number of ether oxygens (including phenoxy) is 1. The SMILES string of the molecule is COC(=O)c1ccc(Cl)c(CSc2nncn2C)c1. The van der Waals surface area contributed by atoms with Gasteiger partial charge in [-0.1, -0.05) is 23.4 Å². The number of methoxy groups -OCH3 is 1. The van der Waals surface area contributed by atoms with E-state index in [0.29, 0.717) is 16.3 Å². The Hall–Kier alpha value is -1.53. The zero-order chi connectivity index (χ0) is 13.8. The average molecular weight is 298 g/mol. The number of aromatic nitrogens is 3. The van der Waals surface area contributed by atoms with Gasteiger partial charge in [-0.3, -0.25) is 0 Å². The highest BCUT2D eigenvalue weighted by atomic mass is 35.5. The van der Waals surface area contributed by atoms with Crippen LogP contribution in [-0.4, -0.2) is 27.8 Å². The summed E-state index contributed by atoms with van der Waals surface area (Å²) in [6, 6.07) is 5.07. The van der Waals surface area contributed by atoms with Gasteiger partial charge in [-0.15, -0.1) is 10.2 Å². The Morgan fingerprint density at radius 2 is 2.32 bits per heavy atom. The molecule has 1 aromatic carbocycles. The molecule has 0 bridgehead atoms. The first-order chi connectivity index (χ1) is 9.11. The molecule has 19 heavy (non-hydrogen) atoms. The number of hydrogen-bond acceptors (Lipinski definition) is 5. The number of thioether (sulfide) groups is 1. The summed E-state index contributed by atoms with van der Waals surface area (Å²) >= 11 is 7.62. The molecule has 0 radical (unpaired) electrons. The summed E-state index contributed by atoms with van der Waals surface area (Å²) in [5, 5.41) is 9.18. The molecule has 0 spiro atoms. The Morgan fingerprint density at radius 3 is 2.95 bits per heavy atom. The molecule has 0 atom stereocenters. The zero-order valence-electron chi connectivity index (χ0n) is 10.5. The van der Waals surface area contributed by atoms with E-state index >= 15 is 0 Å². The normalized spacial score (nSPS) is 10.5. The number of halogens is 1. The third-order valence-corrected chi connectivity index (χ3v) is 3.95. The smallest absolute Gasteiger partial charge is 0.337 e. The van der Waals surface area contributed by atoms with Crippen molar-refractivity contribution in [1.29, 1.82) is 0 Å². The third kappa shape index (κ3) is 3.27. The van der Waals surface area contributed by atoms with Gasteiger partial charge in [-0.25, -0.2) is 4.79 Å². The first-order valence-corrected chi connectivity index (χ1v) is 6.81. The van der Waals surface area contributed by atoms with Gasteiger partial charge in [0.1, 0.15) is 6.33 Å². The summed E-state index contributed by atoms with van der Waals surface area (Å²) in [7, 11) is 3.22. The van der Waals surface area contributed by atoms with Crippen LogP contribution in [0.1, 0.15) is 15.9 Å². The largest absolute Gasteiger partial charge is 0.465 e. The van der Waals surface area contributed by atoms with Gasteiger partial charge in [0.15, 0.2) is 5.16 Å². The lowest BCUT2D eigenvalue weighted by Crippen LogP contribution is -2.02. The van der Waals surface area contributed by atoms with Crippen molar-refractivity contribution in [3.8, 4) is 0 Å². The van der Waals surface area contributed by atoms with Gasteiger partial charge in [-0.05, 0) is 23.8 Å². The van der Waals surface area contributed by atoms with Crippen LogP contribution in [0.4, 0.5) is 0 Å². The van der Waals surface area contributed by atoms with Crippen LogP contribution < -0.4 is 0 Å². The van der Waals surface area contributed by atoms with Crippen molar-refractivity contribution in [2.24, 2.45) is 7.05 Å². The molecule has 100 valence electrons. The highest BCUT2D eigenvalue weighted by Gasteiger charge is 2.10. The van der Waals surface area contributed by atoms with Crippen molar-refractivity contribution in [2.75, 3.05) is 7.11 Å². The lowest BCUT2D eigenvalue weighted by Gasteiger charge is -2.06. The predicted molar refractivity (Wildman–Crippen MR) is 73.4 cm³/mol. The van der Waals surface area contributed by atoms with Crippen molar-refractivity contribution in [3.05, 3.63) is 40.7 Å². The fourth-order valence-electron chi connectivity index (χ4n) is 1.48. The van der Waals surface area contributed by atoms with E-state index in [1.54, 1.807) is 24.5 Å². The van der Waals surface area contributed by atoms with Crippen LogP contribution in [0.15, 0.2) is 29.7 Å². The third-order valence-electron chi connectivity index (χ3n) is 2.49. The van der Waals surface area contributed by atoms with Crippen molar-refractivity contribution in [3.63, 3.8) is 0 Å². The first kappa shape index (κ1) is 13.9. The van der Waals surface area contributed by atoms with Crippen LogP contribution in [0, 0.1) is 0 Å². The van der Waals surface area contributed by atoms with E-state index in [1.807, 2.05) is 11.6 Å². The van der Waals surface area contributed by atoms with Crippen LogP contribution >= 0.6 is 23.4 Å². The summed E-state index contributed by atoms with van der Waals surface area (Å²) in [5.74, 6) is 0.234. The highest BCUT2D eigenvalue weighted by molar-refractivity contribution is 7.98. The quantitative estimate of drug-likeness (QED) is 0.641. The zero-order valence-corrected chi connectivity index (χ0v) is 12.0. The molecule has 0 N–H and O–H groups in total. The number of nitrogens with zero attached hydrogens (tertiary/aromatic N) is 3. The van der Waals surface area contributed by atoms with Crippen LogP contribution in [0.25, 0.3) is 0 Å². The maximum absolute atomic E-state index is 11.5. The molecule has 2 rings (SSSR count). The molecule has 0 amide bonds. The lowest BCUT2D eigenvalue weighted by molar-refractivity contribution is 0.0600. The molecule has 7 heteroatoms. The number of aryl methyl sites for hydroxylation is 1. The molecule has 0 aliphatic carbocycles. The summed E-state index contributed by atoms with van der Waals surface area (Å²) in [5.41, 5.74) is 1.35. The molecule has 0 aliphatic heterocycles. The van der Waals surface area contributed by atoms with E-state index in [2.05, 4.69) is 14.9 Å². The number of benzene rings is 1. The summed E-state index contributed by atoms with van der Waals surface area (Å²) in [4.78, 5) is 11.5. The fraction of sp³-hybridized carbons (Fsp3) is 0.250. The molecular weight excluding hydrogens is 286 g/mol. The van der Waals surface area contributed by atoms with Crippen LogP contribution in [0.5, 0.6) is 0 Å². The van der Waals surface area contributed by atoms with Gasteiger partial charge in [0.05, 0.1) is 12.7 Å². The van der Waals surface area contributed by atoms with Gasteiger partial charge in [-0.2, -0.15) is 0 Å². The van der Waals surface area contributed by atoms with E-state index in [9.17, 15) is 4.79 Å². The predicted octanol–water partition coefficient (Wildman–Crippen LogP) is 2.55. The Morgan fingerprint density at radius 1 is 1.53 bits per heavy atom. The number of carbonyl (C=O) groups is 1. The molecule has 1 aromatic heterocycles. The van der Waals surface area contributed by atoms with Crippen molar-refractivity contribution in [2.45, 2.75) is 10.9 Å². The minimum atomic E-state index is -0.374. The van der Waals surface area contributed by atoms with Gasteiger partial charge in [0.2, 0.25) is 0 Å². The minimum Gasteiger partial charge on any atom is -0.465 e. The van der Waals surface area contributed by atoms with Crippen molar-refractivity contribution >= 4 is 29.3 Å². The fourth-order valence-corrected chi connectivity index (χ4v) is 2.62. The monoisotopic (exact) mass is 297 g/mol. The van der Waals surface area contributed by atoms with E-state index < -0.39 is 0 Å². The van der Waals surface area contributed by atoms with Gasteiger partial charge >= 0.3 is 5.97 Å². The van der Waals surface area contributed by atoms with Gasteiger partial charge in [0.25, 0.3) is 0 Å². The molecule has 0 fully saturated rings. The summed E-state index contributed by atoms with van der Waals surface area (Å²) in [6.45, 7) is 0. The van der Waals surface area contributed by atoms with E-state index in [-0.39, 0.29) is 5.97 Å². The van der Waals surface area contributed by atoms with Gasteiger partial charge < -0.3 is 9.30 Å². The van der Waals surface area contributed by atoms with Crippen molar-refractivity contribution < 1.29 is 9.53 Å². The number of rotatable bonds is 4. The maximum Gasteiger partial charge on any atom is 0.337 e. The van der Waals surface area contributed by atoms with E-state index in [4.69, 9.17) is 11.6 Å². The Kier molecular flexibility index (Phi) is 4.44. The number of esters is 1. The molecule has 0 saturated carbocycles. The van der Waals surface area contributed by atoms with Crippen LogP contribution in [-0.2, 0) is 17.5 Å². The number of carbonyl (C=O) groups excluding carboxylic acids is 1. The summed E-state index contributed by atoms with van der Waals surface area (Å²) < 4.78 is 6.51. The molecule has 0 unspecified atom stereocenters. The second-order valence-electron chi connectivity index (χ2n) is 3.81. The Bertz CT molecular complexity index is 600. The van der Waals surface area contributed by atoms with Crippen LogP contribution in [0.2, 0.25) is 5.02 Å². The molecule has 0 saturated heterocycles. The Labute approximate surface area is 119 Å². The molecule has 0 aliphatic rings. The van der Waals surface area contributed by atoms with Crippen LogP contribution in [0.3, 0.4) is 0 Å². The summed E-state index contributed by atoms with van der Waals surface area (Å²) in [6.07, 6.45) is 1.63. The molecular formula is C12H12ClN3O2S. The van der Waals surface area contributed by atoms with E-state index in [0.717, 1.165) is 10.7 Å². The molecule has 5 nitrogen and oxygen atoms in total. The maximum atomic E-state index is 11.5. The second-order valence-corrected chi connectivity index (χ2v) is 5.16. The molecule has 2 aromatic rings. The minimum absolute atomic E-state index is 0.374. The topological polar surface area (TPSA) is 57.0 Å². The first-order valence-electron chi connectivity index (χ1n) is 5.45. The Balaban J connectivity index is 2.15. The number of hydrogen-bond donors (Lipinski definition) is 0. The molecule has 1 heterocycles. The standard InChI is InChI=1S/C12H12ClN3O2S/c1-16-7-14-15-12(16)19-6-9-5-8(11(17)18-2)3-4-10(9)13/h3-5,7H,6H2,1-2H3. The second kappa shape index (κ2) is 6.08. The van der Waals surface area contributed by atoms with Gasteiger partial charge in [0, 0.05) is 17.8 Å². The van der Waals surface area contributed by atoms with Crippen molar-refractivity contribution in [1.82, 2.24) is 14.8 Å². The highest BCUT2D eigenvalue weighted by Crippen LogP contribution is 2.26.